The first kappa shape index (κ1) is 12.7. The molecule has 0 radical (unpaired) electrons. The summed E-state index contributed by atoms with van der Waals surface area (Å²) in [7, 11) is 2.00. The number of nitrogens with zero attached hydrogens (tertiary/aromatic N) is 6. The van der Waals surface area contributed by atoms with Crippen LogP contribution in [0.4, 0.5) is 5.82 Å². The molecule has 0 unspecified atom stereocenters. The summed E-state index contributed by atoms with van der Waals surface area (Å²) in [5, 5.41) is 18.9. The number of fused-ring (bicyclic) bond motifs is 1. The summed E-state index contributed by atoms with van der Waals surface area (Å²) < 4.78 is 1.43. The highest BCUT2D eigenvalue weighted by Crippen LogP contribution is 2.08. The van der Waals surface area contributed by atoms with E-state index in [4.69, 9.17) is 0 Å². The number of rotatable bonds is 4. The minimum Gasteiger partial charge on any atom is -0.357 e. The van der Waals surface area contributed by atoms with Crippen molar-refractivity contribution in [2.45, 2.75) is 26.3 Å². The first-order chi connectivity index (χ1) is 8.46. The van der Waals surface area contributed by atoms with Gasteiger partial charge in [-0.05, 0) is 43.3 Å². The number of aromatic nitrogens is 5. The normalized spacial score (nSPS) is 12.0. The minimum absolute atomic E-state index is 0.133. The van der Waals surface area contributed by atoms with E-state index in [0.717, 1.165) is 18.9 Å². The molecule has 2 aromatic rings. The second-order valence-corrected chi connectivity index (χ2v) is 5.32. The summed E-state index contributed by atoms with van der Waals surface area (Å²) in [5.41, 5.74) is 0.786. The maximum atomic E-state index is 4.33. The van der Waals surface area contributed by atoms with Gasteiger partial charge in [0.05, 0.1) is 0 Å². The Hall–Kier alpha value is -1.76. The molecular weight excluding hydrogens is 230 g/mol. The Morgan fingerprint density at radius 3 is 2.83 bits per heavy atom. The summed E-state index contributed by atoms with van der Waals surface area (Å²) in [6.07, 6.45) is 0. The van der Waals surface area contributed by atoms with E-state index < -0.39 is 0 Å². The molecule has 0 fully saturated rings. The van der Waals surface area contributed by atoms with Crippen LogP contribution >= 0.6 is 0 Å². The fourth-order valence-electron chi connectivity index (χ4n) is 1.56. The molecule has 0 saturated carbocycles. The van der Waals surface area contributed by atoms with Crippen LogP contribution in [0, 0.1) is 0 Å². The second kappa shape index (κ2) is 4.85. The summed E-state index contributed by atoms with van der Waals surface area (Å²) in [6, 6.07) is 3.78. The quantitative estimate of drug-likeness (QED) is 0.842. The van der Waals surface area contributed by atoms with Gasteiger partial charge in [0.15, 0.2) is 11.5 Å². The first-order valence-electron chi connectivity index (χ1n) is 5.97. The van der Waals surface area contributed by atoms with Crippen molar-refractivity contribution >= 4 is 11.5 Å². The molecule has 0 aliphatic rings. The molecule has 0 bridgehead atoms. The topological polar surface area (TPSA) is 71.2 Å². The molecule has 0 aliphatic heterocycles. The zero-order valence-corrected chi connectivity index (χ0v) is 11.3. The van der Waals surface area contributed by atoms with Crippen molar-refractivity contribution in [3.8, 4) is 0 Å². The van der Waals surface area contributed by atoms with Crippen molar-refractivity contribution in [1.82, 2.24) is 30.6 Å². The van der Waals surface area contributed by atoms with Gasteiger partial charge in [-0.2, -0.15) is 0 Å². The van der Waals surface area contributed by atoms with E-state index in [9.17, 15) is 0 Å². The molecule has 0 aliphatic carbocycles. The maximum absolute atomic E-state index is 4.33. The summed E-state index contributed by atoms with van der Waals surface area (Å²) in [5.74, 6) is 0.852. The van der Waals surface area contributed by atoms with Crippen LogP contribution in [0.2, 0.25) is 0 Å². The summed E-state index contributed by atoms with van der Waals surface area (Å²) >= 11 is 0. The van der Waals surface area contributed by atoms with Crippen LogP contribution in [0.25, 0.3) is 5.65 Å². The van der Waals surface area contributed by atoms with Crippen molar-refractivity contribution in [1.29, 1.82) is 0 Å². The number of anilines is 1. The Bertz CT molecular complexity index is 513. The van der Waals surface area contributed by atoms with E-state index in [1.165, 1.54) is 4.63 Å². The molecule has 2 aromatic heterocycles. The highest BCUT2D eigenvalue weighted by molar-refractivity contribution is 5.43. The monoisotopic (exact) mass is 249 g/mol. The Balaban J connectivity index is 1.97. The molecule has 0 saturated heterocycles. The van der Waals surface area contributed by atoms with E-state index in [0.29, 0.717) is 5.65 Å². The Morgan fingerprint density at radius 2 is 2.11 bits per heavy atom. The lowest BCUT2D eigenvalue weighted by Gasteiger charge is -2.24. The molecule has 2 heterocycles. The molecule has 2 rings (SSSR count). The van der Waals surface area contributed by atoms with Gasteiger partial charge in [0.1, 0.15) is 0 Å². The zero-order valence-electron chi connectivity index (χ0n) is 11.3. The van der Waals surface area contributed by atoms with Crippen molar-refractivity contribution < 1.29 is 0 Å². The lowest BCUT2D eigenvalue weighted by Crippen LogP contribution is -2.40. The first-order valence-corrected chi connectivity index (χ1v) is 5.97. The van der Waals surface area contributed by atoms with Gasteiger partial charge in [-0.25, -0.2) is 0 Å². The molecule has 7 nitrogen and oxygen atoms in total. The average molecular weight is 249 g/mol. The van der Waals surface area contributed by atoms with Gasteiger partial charge in [-0.1, -0.05) is 0 Å². The van der Waals surface area contributed by atoms with E-state index in [2.05, 4.69) is 51.6 Å². The summed E-state index contributed by atoms with van der Waals surface area (Å²) in [4.78, 5) is 2.07. The number of hydrogen-bond donors (Lipinski definition) is 1. The van der Waals surface area contributed by atoms with Crippen molar-refractivity contribution in [2.24, 2.45) is 0 Å². The van der Waals surface area contributed by atoms with E-state index >= 15 is 0 Å². The van der Waals surface area contributed by atoms with Crippen LogP contribution in [-0.2, 0) is 0 Å². The van der Waals surface area contributed by atoms with Crippen LogP contribution in [0.5, 0.6) is 0 Å². The molecule has 0 aromatic carbocycles. The van der Waals surface area contributed by atoms with Gasteiger partial charge in [-0.15, -0.1) is 14.8 Å². The molecule has 0 amide bonds. The Labute approximate surface area is 106 Å². The molecule has 0 spiro atoms. The molecule has 1 N–H and O–H groups in total. The molecule has 98 valence electrons. The molecule has 7 heteroatoms. The van der Waals surface area contributed by atoms with Crippen LogP contribution < -0.4 is 10.2 Å². The fourth-order valence-corrected chi connectivity index (χ4v) is 1.56. The number of likely N-dealkylation sites (N-methyl/N-ethyl adjacent to an activating group) is 1. The largest absolute Gasteiger partial charge is 0.357 e. The van der Waals surface area contributed by atoms with Gasteiger partial charge in [-0.3, -0.25) is 0 Å². The highest BCUT2D eigenvalue weighted by atomic mass is 15.6. The van der Waals surface area contributed by atoms with Crippen LogP contribution in [-0.4, -0.2) is 50.9 Å². The third-order valence-corrected chi connectivity index (χ3v) is 2.55. The summed E-state index contributed by atoms with van der Waals surface area (Å²) in [6.45, 7) is 8.22. The van der Waals surface area contributed by atoms with Crippen LogP contribution in [0.15, 0.2) is 12.1 Å². The average Bonchev–Trinajstić information content (AvgIpc) is 2.73. The van der Waals surface area contributed by atoms with Crippen molar-refractivity contribution in [3.63, 3.8) is 0 Å². The number of nitrogens with one attached hydrogen (secondary N) is 1. The third-order valence-electron chi connectivity index (χ3n) is 2.55. The molecular formula is C11H19N7. The standard InChI is InChI=1S/C11H19N7/c1-11(2,3)12-7-8-17(4)10-6-5-9-13-15-16-18(9)14-10/h5-6,12H,7-8H2,1-4H3. The zero-order chi connectivity index (χ0) is 13.2. The van der Waals surface area contributed by atoms with Crippen LogP contribution in [0.1, 0.15) is 20.8 Å². The lowest BCUT2D eigenvalue weighted by atomic mass is 10.1. The van der Waals surface area contributed by atoms with Crippen molar-refractivity contribution in [2.75, 3.05) is 25.0 Å². The third kappa shape index (κ3) is 3.13. The van der Waals surface area contributed by atoms with Crippen molar-refractivity contribution in [3.05, 3.63) is 12.1 Å². The smallest absolute Gasteiger partial charge is 0.200 e. The van der Waals surface area contributed by atoms with Gasteiger partial charge in [0.2, 0.25) is 0 Å². The Kier molecular flexibility index (Phi) is 3.42. The highest BCUT2D eigenvalue weighted by Gasteiger charge is 2.10. The predicted molar refractivity (Wildman–Crippen MR) is 69.6 cm³/mol. The molecule has 0 atom stereocenters. The van der Waals surface area contributed by atoms with Gasteiger partial charge >= 0.3 is 0 Å². The van der Waals surface area contributed by atoms with E-state index in [1.54, 1.807) is 0 Å². The van der Waals surface area contributed by atoms with E-state index in [-0.39, 0.29) is 5.54 Å². The van der Waals surface area contributed by atoms with Crippen LogP contribution in [0.3, 0.4) is 0 Å². The number of hydrogen-bond acceptors (Lipinski definition) is 6. The minimum atomic E-state index is 0.133. The Morgan fingerprint density at radius 1 is 1.33 bits per heavy atom. The predicted octanol–water partition coefficient (Wildman–Crippen LogP) is 0.344. The maximum Gasteiger partial charge on any atom is 0.200 e. The van der Waals surface area contributed by atoms with Gasteiger partial charge in [0.25, 0.3) is 0 Å². The number of tetrazole rings is 1. The molecule has 18 heavy (non-hydrogen) atoms. The fraction of sp³-hybridized carbons (Fsp3) is 0.636. The van der Waals surface area contributed by atoms with Gasteiger partial charge in [0, 0.05) is 25.7 Å². The lowest BCUT2D eigenvalue weighted by molar-refractivity contribution is 0.430. The van der Waals surface area contributed by atoms with Gasteiger partial charge < -0.3 is 10.2 Å². The SMILES string of the molecule is CN(CCNC(C)(C)C)c1ccc2nnnn2n1. The second-order valence-electron chi connectivity index (χ2n) is 5.32. The van der Waals surface area contributed by atoms with E-state index in [1.807, 2.05) is 19.2 Å².